The fourth-order valence-electron chi connectivity index (χ4n) is 3.50. The first kappa shape index (κ1) is 11.3. The minimum Gasteiger partial charge on any atom is -0.223 e. The summed E-state index contributed by atoms with van der Waals surface area (Å²) in [6, 6.07) is 8.94. The Morgan fingerprint density at radius 2 is 1.47 bits per heavy atom. The van der Waals surface area contributed by atoms with Crippen LogP contribution >= 0.6 is 0 Å². The van der Waals surface area contributed by atoms with Crippen LogP contribution in [0, 0.1) is 11.8 Å². The molecule has 3 heteroatoms. The zero-order valence-electron chi connectivity index (χ0n) is 9.88. The first-order chi connectivity index (χ1) is 8.16. The summed E-state index contributed by atoms with van der Waals surface area (Å²) in [5.74, 6) is 1.33. The molecule has 0 saturated heterocycles. The summed E-state index contributed by atoms with van der Waals surface area (Å²) in [7, 11) is -3.09. The van der Waals surface area contributed by atoms with Gasteiger partial charge in [0.15, 0.2) is 9.84 Å². The van der Waals surface area contributed by atoms with Gasteiger partial charge in [0.1, 0.15) is 0 Å². The van der Waals surface area contributed by atoms with Crippen LogP contribution in [0.4, 0.5) is 0 Å². The second kappa shape index (κ2) is 4.13. The van der Waals surface area contributed by atoms with Gasteiger partial charge in [0.25, 0.3) is 0 Å². The molecule has 92 valence electrons. The molecule has 2 nitrogen and oxygen atoms in total. The molecule has 0 unspecified atom stereocenters. The third-order valence-corrected chi connectivity index (χ3v) is 6.54. The molecule has 0 amide bonds. The zero-order valence-corrected chi connectivity index (χ0v) is 10.7. The molecule has 2 aliphatic rings. The highest BCUT2D eigenvalue weighted by Gasteiger charge is 2.40. The van der Waals surface area contributed by atoms with Crippen molar-refractivity contribution < 1.29 is 8.42 Å². The van der Waals surface area contributed by atoms with E-state index < -0.39 is 9.84 Å². The summed E-state index contributed by atoms with van der Waals surface area (Å²) >= 11 is 0. The average Bonchev–Trinajstić information content (AvgIpc) is 2.69. The topological polar surface area (TPSA) is 34.1 Å². The number of hydrogen-bond donors (Lipinski definition) is 0. The third-order valence-electron chi connectivity index (χ3n) is 4.35. The van der Waals surface area contributed by atoms with Crippen molar-refractivity contribution in [2.75, 3.05) is 0 Å². The molecule has 0 aliphatic heterocycles. The monoisotopic (exact) mass is 250 g/mol. The van der Waals surface area contributed by atoms with Gasteiger partial charge in [-0.15, -0.1) is 0 Å². The minimum atomic E-state index is -3.09. The molecule has 3 atom stereocenters. The van der Waals surface area contributed by atoms with Crippen LogP contribution in [0.5, 0.6) is 0 Å². The van der Waals surface area contributed by atoms with Crippen LogP contribution < -0.4 is 0 Å². The van der Waals surface area contributed by atoms with E-state index in [9.17, 15) is 8.42 Å². The van der Waals surface area contributed by atoms with E-state index in [4.69, 9.17) is 0 Å². The van der Waals surface area contributed by atoms with Crippen LogP contribution in [0.15, 0.2) is 35.2 Å². The van der Waals surface area contributed by atoms with Crippen LogP contribution in [0.2, 0.25) is 0 Å². The van der Waals surface area contributed by atoms with E-state index in [-0.39, 0.29) is 5.25 Å². The molecule has 2 fully saturated rings. The van der Waals surface area contributed by atoms with Crippen molar-refractivity contribution in [2.24, 2.45) is 11.8 Å². The van der Waals surface area contributed by atoms with Crippen molar-refractivity contribution in [3.05, 3.63) is 30.3 Å². The van der Waals surface area contributed by atoms with Crippen LogP contribution in [0.3, 0.4) is 0 Å². The Balaban J connectivity index is 1.89. The van der Waals surface area contributed by atoms with Gasteiger partial charge in [-0.3, -0.25) is 0 Å². The lowest BCUT2D eigenvalue weighted by Crippen LogP contribution is -2.29. The molecule has 3 rings (SSSR count). The lowest BCUT2D eigenvalue weighted by molar-refractivity contribution is 0.357. The molecule has 2 saturated carbocycles. The molecule has 0 radical (unpaired) electrons. The summed E-state index contributed by atoms with van der Waals surface area (Å²) in [4.78, 5) is 0.506. The average molecular weight is 250 g/mol. The maximum atomic E-state index is 12.5. The number of benzene rings is 1. The fourth-order valence-corrected chi connectivity index (χ4v) is 5.47. The first-order valence-electron chi connectivity index (χ1n) is 6.45. The van der Waals surface area contributed by atoms with E-state index in [2.05, 4.69) is 0 Å². The zero-order chi connectivity index (χ0) is 11.9. The Morgan fingerprint density at radius 1 is 0.882 bits per heavy atom. The van der Waals surface area contributed by atoms with Gasteiger partial charge in [-0.25, -0.2) is 8.42 Å². The Labute approximate surface area is 103 Å². The Kier molecular flexibility index (Phi) is 2.74. The Bertz CT molecular complexity index is 480. The number of fused-ring (bicyclic) bond motifs is 2. The third kappa shape index (κ3) is 2.01. The molecular weight excluding hydrogens is 232 g/mol. The van der Waals surface area contributed by atoms with E-state index in [1.807, 2.05) is 18.2 Å². The standard InChI is InChI=1S/C14H18O2S/c15-17(16,13-4-2-1-3-5-13)14-9-11-6-7-12(8-11)10-14/h1-5,11-12,14H,6-10H2/t11-,12+,14+. The predicted octanol–water partition coefficient (Wildman–Crippen LogP) is 3.04. The van der Waals surface area contributed by atoms with Gasteiger partial charge in [0.2, 0.25) is 0 Å². The highest BCUT2D eigenvalue weighted by atomic mass is 32.2. The van der Waals surface area contributed by atoms with Crippen molar-refractivity contribution >= 4 is 9.84 Å². The lowest BCUT2D eigenvalue weighted by Gasteiger charge is -2.27. The minimum absolute atomic E-state index is 0.129. The smallest absolute Gasteiger partial charge is 0.181 e. The van der Waals surface area contributed by atoms with E-state index in [0.29, 0.717) is 16.7 Å². The van der Waals surface area contributed by atoms with Crippen LogP contribution in [-0.2, 0) is 9.84 Å². The van der Waals surface area contributed by atoms with Gasteiger partial charge < -0.3 is 0 Å². The van der Waals surface area contributed by atoms with Crippen molar-refractivity contribution in [1.82, 2.24) is 0 Å². The second-order valence-corrected chi connectivity index (χ2v) is 7.72. The summed E-state index contributed by atoms with van der Waals surface area (Å²) in [5.41, 5.74) is 0. The first-order valence-corrected chi connectivity index (χ1v) is 8.00. The molecular formula is C14H18O2S. The molecule has 2 aliphatic carbocycles. The van der Waals surface area contributed by atoms with Crippen molar-refractivity contribution in [3.63, 3.8) is 0 Å². The van der Waals surface area contributed by atoms with Crippen molar-refractivity contribution in [2.45, 2.75) is 42.2 Å². The van der Waals surface area contributed by atoms with Crippen molar-refractivity contribution in [3.8, 4) is 0 Å². The quantitative estimate of drug-likeness (QED) is 0.808. The molecule has 1 aromatic carbocycles. The van der Waals surface area contributed by atoms with E-state index in [0.717, 1.165) is 12.8 Å². The predicted molar refractivity (Wildman–Crippen MR) is 67.5 cm³/mol. The number of sulfone groups is 1. The fraction of sp³-hybridized carbons (Fsp3) is 0.571. The van der Waals surface area contributed by atoms with Crippen LogP contribution in [0.1, 0.15) is 32.1 Å². The van der Waals surface area contributed by atoms with Gasteiger partial charge in [0.05, 0.1) is 10.1 Å². The molecule has 0 N–H and O–H groups in total. The summed E-state index contributed by atoms with van der Waals surface area (Å²) < 4.78 is 25.0. The lowest BCUT2D eigenvalue weighted by atomic mass is 9.89. The van der Waals surface area contributed by atoms with Gasteiger partial charge in [-0.1, -0.05) is 31.0 Å². The van der Waals surface area contributed by atoms with Gasteiger partial charge in [-0.05, 0) is 43.2 Å². The summed E-state index contributed by atoms with van der Waals surface area (Å²) in [6.45, 7) is 0. The number of hydrogen-bond acceptors (Lipinski definition) is 2. The molecule has 1 aromatic rings. The maximum Gasteiger partial charge on any atom is 0.181 e. The normalized spacial score (nSPS) is 32.6. The van der Waals surface area contributed by atoms with E-state index in [1.165, 1.54) is 19.3 Å². The van der Waals surface area contributed by atoms with Gasteiger partial charge >= 0.3 is 0 Å². The molecule has 0 heterocycles. The van der Waals surface area contributed by atoms with Crippen molar-refractivity contribution in [1.29, 1.82) is 0 Å². The number of rotatable bonds is 2. The van der Waals surface area contributed by atoms with Gasteiger partial charge in [-0.2, -0.15) is 0 Å². The van der Waals surface area contributed by atoms with Crippen LogP contribution in [-0.4, -0.2) is 13.7 Å². The SMILES string of the molecule is O=S(=O)(c1ccccc1)[C@H]1C[C@@H]2CC[C@@H](C2)C1. The molecule has 2 bridgehead atoms. The highest BCUT2D eigenvalue weighted by molar-refractivity contribution is 7.92. The highest BCUT2D eigenvalue weighted by Crippen LogP contribution is 2.45. The molecule has 0 spiro atoms. The van der Waals surface area contributed by atoms with Crippen LogP contribution in [0.25, 0.3) is 0 Å². The molecule has 0 aromatic heterocycles. The molecule has 17 heavy (non-hydrogen) atoms. The second-order valence-electron chi connectivity index (χ2n) is 5.50. The summed E-state index contributed by atoms with van der Waals surface area (Å²) in [5, 5.41) is -0.129. The van der Waals surface area contributed by atoms with Gasteiger partial charge in [0, 0.05) is 0 Å². The Morgan fingerprint density at radius 3 is 2.06 bits per heavy atom. The van der Waals surface area contributed by atoms with E-state index >= 15 is 0 Å². The Hall–Kier alpha value is -0.830. The van der Waals surface area contributed by atoms with E-state index in [1.54, 1.807) is 12.1 Å². The maximum absolute atomic E-state index is 12.5. The largest absolute Gasteiger partial charge is 0.223 e. The summed E-state index contributed by atoms with van der Waals surface area (Å²) in [6.07, 6.45) is 5.51.